The molecule has 0 radical (unpaired) electrons. The SMILES string of the molecule is CCCCOc1ccc(N(C(=O)O)[C@@H]2CCCC[C@H]2N2CCCCC2)cc1. The number of hydrogen-bond donors (Lipinski definition) is 1. The number of anilines is 1. The van der Waals surface area contributed by atoms with E-state index in [9.17, 15) is 9.90 Å². The highest BCUT2D eigenvalue weighted by molar-refractivity contribution is 5.87. The number of benzene rings is 1. The molecule has 1 aliphatic carbocycles. The standard InChI is InChI=1S/C22H34N2O3/c1-2-3-17-27-19-13-11-18(12-14-19)24(22(25)26)21-10-6-5-9-20(21)23-15-7-4-8-16-23/h11-14,20-21H,2-10,15-17H2,1H3,(H,25,26)/t20-,21-/m1/s1. The molecule has 1 saturated carbocycles. The third kappa shape index (κ3) is 5.16. The van der Waals surface area contributed by atoms with E-state index in [1.165, 1.54) is 25.7 Å². The number of rotatable bonds is 7. The monoisotopic (exact) mass is 374 g/mol. The molecule has 5 nitrogen and oxygen atoms in total. The van der Waals surface area contributed by atoms with E-state index in [1.54, 1.807) is 4.90 Å². The van der Waals surface area contributed by atoms with Gasteiger partial charge >= 0.3 is 6.09 Å². The molecular formula is C22H34N2O3. The fourth-order valence-electron chi connectivity index (χ4n) is 4.55. The molecule has 150 valence electrons. The van der Waals surface area contributed by atoms with E-state index in [4.69, 9.17) is 4.74 Å². The van der Waals surface area contributed by atoms with Crippen LogP contribution in [0.4, 0.5) is 10.5 Å². The van der Waals surface area contributed by atoms with E-state index in [-0.39, 0.29) is 6.04 Å². The summed E-state index contributed by atoms with van der Waals surface area (Å²) in [4.78, 5) is 16.4. The minimum atomic E-state index is -0.844. The summed E-state index contributed by atoms with van der Waals surface area (Å²) >= 11 is 0. The first-order valence-corrected chi connectivity index (χ1v) is 10.7. The van der Waals surface area contributed by atoms with Gasteiger partial charge in [0, 0.05) is 11.7 Å². The largest absolute Gasteiger partial charge is 0.494 e. The molecule has 2 aliphatic rings. The van der Waals surface area contributed by atoms with E-state index >= 15 is 0 Å². The first-order valence-electron chi connectivity index (χ1n) is 10.7. The summed E-state index contributed by atoms with van der Waals surface area (Å²) in [5.74, 6) is 0.814. The van der Waals surface area contributed by atoms with Crippen molar-refractivity contribution in [2.24, 2.45) is 0 Å². The van der Waals surface area contributed by atoms with Crippen LogP contribution in [0.5, 0.6) is 5.75 Å². The summed E-state index contributed by atoms with van der Waals surface area (Å²) in [5.41, 5.74) is 0.763. The summed E-state index contributed by atoms with van der Waals surface area (Å²) in [5, 5.41) is 10.0. The fraction of sp³-hybridized carbons (Fsp3) is 0.682. The molecule has 1 amide bonds. The van der Waals surface area contributed by atoms with E-state index < -0.39 is 6.09 Å². The van der Waals surface area contributed by atoms with Gasteiger partial charge in [0.05, 0.1) is 12.6 Å². The molecule has 0 aromatic heterocycles. The molecule has 1 aliphatic heterocycles. The van der Waals surface area contributed by atoms with Gasteiger partial charge in [-0.1, -0.05) is 32.6 Å². The number of likely N-dealkylation sites (tertiary alicyclic amines) is 1. The molecule has 3 rings (SSSR count). The molecule has 1 saturated heterocycles. The number of nitrogens with zero attached hydrogens (tertiary/aromatic N) is 2. The number of hydrogen-bond acceptors (Lipinski definition) is 3. The van der Waals surface area contributed by atoms with E-state index in [1.807, 2.05) is 24.3 Å². The van der Waals surface area contributed by atoms with Crippen LogP contribution in [0, 0.1) is 0 Å². The van der Waals surface area contributed by atoms with Crippen molar-refractivity contribution in [3.05, 3.63) is 24.3 Å². The number of unbranched alkanes of at least 4 members (excludes halogenated alkanes) is 1. The van der Waals surface area contributed by atoms with Crippen LogP contribution in [0.25, 0.3) is 0 Å². The Morgan fingerprint density at radius 3 is 2.48 bits per heavy atom. The number of ether oxygens (including phenoxy) is 1. The molecule has 2 atom stereocenters. The minimum absolute atomic E-state index is 0.0428. The van der Waals surface area contributed by atoms with Crippen molar-refractivity contribution in [3.8, 4) is 5.75 Å². The Kier molecular flexibility index (Phi) is 7.39. The van der Waals surface area contributed by atoms with Crippen molar-refractivity contribution in [3.63, 3.8) is 0 Å². The second-order valence-electron chi connectivity index (χ2n) is 7.86. The van der Waals surface area contributed by atoms with Crippen molar-refractivity contribution in [2.45, 2.75) is 76.8 Å². The first-order chi connectivity index (χ1) is 13.2. The molecule has 0 spiro atoms. The van der Waals surface area contributed by atoms with Crippen LogP contribution in [0.3, 0.4) is 0 Å². The van der Waals surface area contributed by atoms with Crippen molar-refractivity contribution in [2.75, 3.05) is 24.6 Å². The smallest absolute Gasteiger partial charge is 0.412 e. The van der Waals surface area contributed by atoms with Gasteiger partial charge in [0.25, 0.3) is 0 Å². The zero-order chi connectivity index (χ0) is 19.1. The highest BCUT2D eigenvalue weighted by Crippen LogP contribution is 2.33. The minimum Gasteiger partial charge on any atom is -0.494 e. The number of carboxylic acid groups (broad SMARTS) is 1. The Labute approximate surface area is 163 Å². The molecule has 2 fully saturated rings. The third-order valence-corrected chi connectivity index (χ3v) is 5.97. The van der Waals surface area contributed by atoms with Crippen molar-refractivity contribution < 1.29 is 14.6 Å². The molecule has 27 heavy (non-hydrogen) atoms. The number of carbonyl (C=O) groups is 1. The summed E-state index contributed by atoms with van der Waals surface area (Å²) in [6.07, 6.45) is 9.42. The van der Waals surface area contributed by atoms with Gasteiger partial charge in [-0.15, -0.1) is 0 Å². The van der Waals surface area contributed by atoms with Gasteiger partial charge in [0.15, 0.2) is 0 Å². The van der Waals surface area contributed by atoms with Gasteiger partial charge in [0.1, 0.15) is 5.75 Å². The highest BCUT2D eigenvalue weighted by Gasteiger charge is 2.37. The lowest BCUT2D eigenvalue weighted by Crippen LogP contribution is -2.56. The van der Waals surface area contributed by atoms with Crippen molar-refractivity contribution >= 4 is 11.8 Å². The van der Waals surface area contributed by atoms with Gasteiger partial charge in [-0.2, -0.15) is 0 Å². The molecule has 1 aromatic rings. The van der Waals surface area contributed by atoms with Gasteiger partial charge in [-0.3, -0.25) is 9.80 Å². The maximum atomic E-state index is 12.2. The zero-order valence-electron chi connectivity index (χ0n) is 16.6. The Morgan fingerprint density at radius 2 is 1.81 bits per heavy atom. The molecule has 5 heteroatoms. The molecule has 0 bridgehead atoms. The quantitative estimate of drug-likeness (QED) is 0.671. The summed E-state index contributed by atoms with van der Waals surface area (Å²) < 4.78 is 5.73. The topological polar surface area (TPSA) is 53.0 Å². The van der Waals surface area contributed by atoms with E-state index in [0.717, 1.165) is 56.6 Å². The van der Waals surface area contributed by atoms with E-state index in [2.05, 4.69) is 11.8 Å². The maximum absolute atomic E-state index is 12.2. The third-order valence-electron chi connectivity index (χ3n) is 5.97. The van der Waals surface area contributed by atoms with Crippen LogP contribution in [0.2, 0.25) is 0 Å². The lowest BCUT2D eigenvalue weighted by Gasteiger charge is -2.45. The number of piperidine rings is 1. The van der Waals surface area contributed by atoms with Gasteiger partial charge < -0.3 is 9.84 Å². The predicted molar refractivity (Wildman–Crippen MR) is 109 cm³/mol. The first kappa shape index (κ1) is 20.0. The molecule has 1 aromatic carbocycles. The Hall–Kier alpha value is -1.75. The maximum Gasteiger partial charge on any atom is 0.412 e. The lowest BCUT2D eigenvalue weighted by molar-refractivity contribution is 0.109. The van der Waals surface area contributed by atoms with Crippen LogP contribution in [0.15, 0.2) is 24.3 Å². The van der Waals surface area contributed by atoms with Crippen LogP contribution < -0.4 is 9.64 Å². The van der Waals surface area contributed by atoms with Gasteiger partial charge in [-0.05, 0) is 69.5 Å². The van der Waals surface area contributed by atoms with Gasteiger partial charge in [-0.25, -0.2) is 4.79 Å². The predicted octanol–water partition coefficient (Wildman–Crippen LogP) is 5.15. The second kappa shape index (κ2) is 9.98. The van der Waals surface area contributed by atoms with Crippen LogP contribution in [-0.4, -0.2) is 47.9 Å². The molecule has 1 N–H and O–H groups in total. The fourth-order valence-corrected chi connectivity index (χ4v) is 4.55. The Balaban J connectivity index is 1.75. The highest BCUT2D eigenvalue weighted by atomic mass is 16.5. The average Bonchev–Trinajstić information content (AvgIpc) is 2.70. The van der Waals surface area contributed by atoms with Crippen LogP contribution >= 0.6 is 0 Å². The van der Waals surface area contributed by atoms with Gasteiger partial charge in [0.2, 0.25) is 0 Å². The number of amides is 1. The second-order valence-corrected chi connectivity index (χ2v) is 7.86. The van der Waals surface area contributed by atoms with Crippen molar-refractivity contribution in [1.29, 1.82) is 0 Å². The lowest BCUT2D eigenvalue weighted by atomic mass is 9.86. The molecular weight excluding hydrogens is 340 g/mol. The normalized spacial score (nSPS) is 23.7. The van der Waals surface area contributed by atoms with Crippen LogP contribution in [0.1, 0.15) is 64.7 Å². The summed E-state index contributed by atoms with van der Waals surface area (Å²) in [6.45, 7) is 5.07. The molecule has 0 unspecified atom stereocenters. The summed E-state index contributed by atoms with van der Waals surface area (Å²) in [6, 6.07) is 7.99. The average molecular weight is 375 g/mol. The van der Waals surface area contributed by atoms with Crippen LogP contribution in [-0.2, 0) is 0 Å². The zero-order valence-corrected chi connectivity index (χ0v) is 16.6. The van der Waals surface area contributed by atoms with Crippen molar-refractivity contribution in [1.82, 2.24) is 4.90 Å². The Morgan fingerprint density at radius 1 is 1.11 bits per heavy atom. The Bertz CT molecular complexity index is 584. The summed E-state index contributed by atoms with van der Waals surface area (Å²) in [7, 11) is 0. The molecule has 1 heterocycles. The van der Waals surface area contributed by atoms with E-state index in [0.29, 0.717) is 12.6 Å².